The number of rotatable bonds is 1. The van der Waals surface area contributed by atoms with E-state index in [2.05, 4.69) is 11.8 Å². The number of nitrogens with zero attached hydrogens (tertiary/aromatic N) is 2. The minimum Gasteiger partial charge on any atom is -0.287 e. The van der Waals surface area contributed by atoms with E-state index in [1.807, 2.05) is 0 Å². The highest BCUT2D eigenvalue weighted by atomic mass is 15.4. The second-order valence-corrected chi connectivity index (χ2v) is 1.25. The van der Waals surface area contributed by atoms with E-state index in [0.717, 1.165) is 0 Å². The van der Waals surface area contributed by atoms with Gasteiger partial charge in [0, 0.05) is 13.8 Å². The fourth-order valence-electron chi connectivity index (χ4n) is 0.106. The summed E-state index contributed by atoms with van der Waals surface area (Å²) >= 11 is 0. The van der Waals surface area contributed by atoms with E-state index in [1.54, 1.807) is 14.0 Å². The van der Waals surface area contributed by atoms with Crippen molar-refractivity contribution in [3.63, 3.8) is 0 Å². The Labute approximate surface area is 43.1 Å². The number of nitrogens with one attached hydrogen (secondary N) is 1. The Balaban J connectivity index is 3.55. The third kappa shape index (κ3) is 1.92. The van der Waals surface area contributed by atoms with Crippen molar-refractivity contribution in [3.05, 3.63) is 0 Å². The zero-order valence-electron chi connectivity index (χ0n) is 4.60. The molecule has 0 heterocycles. The number of hydrogen-bond donors (Lipinski definition) is 1. The quantitative estimate of drug-likeness (QED) is 0.291. The fraction of sp³-hybridized carbons (Fsp3) is 0.500. The molecule has 0 saturated heterocycles. The number of amidine groups is 1. The first kappa shape index (κ1) is 6.14. The molecule has 0 bridgehead atoms. The lowest BCUT2D eigenvalue weighted by molar-refractivity contribution is 0.542. The summed E-state index contributed by atoms with van der Waals surface area (Å²) < 4.78 is 0. The van der Waals surface area contributed by atoms with Crippen molar-refractivity contribution in [1.29, 1.82) is 5.41 Å². The van der Waals surface area contributed by atoms with E-state index in [9.17, 15) is 0 Å². The molecule has 0 rings (SSSR count). The van der Waals surface area contributed by atoms with Crippen LogP contribution in [-0.2, 0) is 0 Å². The van der Waals surface area contributed by atoms with Gasteiger partial charge in [0.1, 0.15) is 5.84 Å². The average Bonchev–Trinajstić information content (AvgIpc) is 1.65. The lowest BCUT2D eigenvalue weighted by Crippen LogP contribution is -2.15. The molecule has 0 amide bonds. The van der Waals surface area contributed by atoms with Gasteiger partial charge in [0.25, 0.3) is 0 Å². The van der Waals surface area contributed by atoms with Crippen LogP contribution < -0.4 is 0 Å². The SMILES string of the molecule is C=NN(C)C(C)=N. The van der Waals surface area contributed by atoms with Crippen LogP contribution in [0.1, 0.15) is 6.92 Å². The first-order valence-electron chi connectivity index (χ1n) is 1.94. The summed E-state index contributed by atoms with van der Waals surface area (Å²) in [4.78, 5) is 0. The maximum atomic E-state index is 6.89. The molecule has 0 fully saturated rings. The normalized spacial score (nSPS) is 7.71. The van der Waals surface area contributed by atoms with E-state index < -0.39 is 0 Å². The van der Waals surface area contributed by atoms with Crippen LogP contribution in [0.2, 0.25) is 0 Å². The van der Waals surface area contributed by atoms with Gasteiger partial charge in [0.05, 0.1) is 0 Å². The van der Waals surface area contributed by atoms with Crippen molar-refractivity contribution in [2.24, 2.45) is 5.10 Å². The van der Waals surface area contributed by atoms with Gasteiger partial charge in [-0.15, -0.1) is 0 Å². The van der Waals surface area contributed by atoms with Crippen LogP contribution in [0.5, 0.6) is 0 Å². The minimum atomic E-state index is 0.398. The van der Waals surface area contributed by atoms with Gasteiger partial charge in [-0.05, 0) is 6.92 Å². The molecule has 0 aliphatic carbocycles. The summed E-state index contributed by atoms with van der Waals surface area (Å²) in [6.07, 6.45) is 0. The number of hydrogen-bond acceptors (Lipinski definition) is 2. The van der Waals surface area contributed by atoms with Crippen molar-refractivity contribution in [2.75, 3.05) is 7.05 Å². The average molecular weight is 99.1 g/mol. The Morgan fingerprint density at radius 2 is 2.29 bits per heavy atom. The highest BCUT2D eigenvalue weighted by Crippen LogP contribution is 1.79. The Morgan fingerprint density at radius 3 is 2.29 bits per heavy atom. The van der Waals surface area contributed by atoms with Crippen LogP contribution in [0.25, 0.3) is 0 Å². The molecule has 3 nitrogen and oxygen atoms in total. The van der Waals surface area contributed by atoms with Crippen molar-refractivity contribution in [3.8, 4) is 0 Å². The van der Waals surface area contributed by atoms with Gasteiger partial charge in [-0.3, -0.25) is 10.4 Å². The Morgan fingerprint density at radius 1 is 1.86 bits per heavy atom. The first-order valence-corrected chi connectivity index (χ1v) is 1.94. The van der Waals surface area contributed by atoms with Crippen LogP contribution >= 0.6 is 0 Å². The summed E-state index contributed by atoms with van der Waals surface area (Å²) in [5.41, 5.74) is 0. The molecule has 40 valence electrons. The highest BCUT2D eigenvalue weighted by molar-refractivity contribution is 5.75. The Kier molecular flexibility index (Phi) is 2.05. The van der Waals surface area contributed by atoms with Crippen molar-refractivity contribution in [2.45, 2.75) is 6.92 Å². The van der Waals surface area contributed by atoms with E-state index >= 15 is 0 Å². The predicted molar refractivity (Wildman–Crippen MR) is 30.7 cm³/mol. The minimum absolute atomic E-state index is 0.398. The third-order valence-electron chi connectivity index (χ3n) is 0.698. The topological polar surface area (TPSA) is 39.5 Å². The van der Waals surface area contributed by atoms with Crippen LogP contribution in [0.4, 0.5) is 0 Å². The highest BCUT2D eigenvalue weighted by Gasteiger charge is 1.87. The monoisotopic (exact) mass is 99.1 g/mol. The van der Waals surface area contributed by atoms with Crippen LogP contribution in [0, 0.1) is 5.41 Å². The molecule has 0 aliphatic heterocycles. The summed E-state index contributed by atoms with van der Waals surface area (Å²) in [5.74, 6) is 0.398. The summed E-state index contributed by atoms with van der Waals surface area (Å²) in [7, 11) is 1.68. The maximum Gasteiger partial charge on any atom is 0.113 e. The molecular weight excluding hydrogens is 90.1 g/mol. The molecule has 0 spiro atoms. The molecule has 0 saturated carbocycles. The molecule has 0 aliphatic rings. The summed E-state index contributed by atoms with van der Waals surface area (Å²) in [6, 6.07) is 0. The molecular formula is C4H9N3. The standard InChI is InChI=1S/C4H9N3/c1-4(5)7(3)6-2/h5H,2H2,1,3H3. The summed E-state index contributed by atoms with van der Waals surface area (Å²) in [5, 5.41) is 11.7. The molecule has 0 aromatic heterocycles. The molecule has 0 aromatic rings. The van der Waals surface area contributed by atoms with Gasteiger partial charge in [-0.1, -0.05) is 0 Å². The van der Waals surface area contributed by atoms with Gasteiger partial charge < -0.3 is 0 Å². The molecule has 0 unspecified atom stereocenters. The van der Waals surface area contributed by atoms with Crippen LogP contribution in [0.3, 0.4) is 0 Å². The summed E-state index contributed by atoms with van der Waals surface area (Å²) in [6.45, 7) is 4.86. The third-order valence-corrected chi connectivity index (χ3v) is 0.698. The van der Waals surface area contributed by atoms with Crippen molar-refractivity contribution < 1.29 is 0 Å². The molecule has 0 atom stereocenters. The van der Waals surface area contributed by atoms with Crippen LogP contribution in [-0.4, -0.2) is 24.6 Å². The zero-order chi connectivity index (χ0) is 5.86. The molecule has 0 radical (unpaired) electrons. The van der Waals surface area contributed by atoms with E-state index in [4.69, 9.17) is 5.41 Å². The van der Waals surface area contributed by atoms with Crippen molar-refractivity contribution in [1.82, 2.24) is 5.01 Å². The molecule has 1 N–H and O–H groups in total. The van der Waals surface area contributed by atoms with Gasteiger partial charge >= 0.3 is 0 Å². The van der Waals surface area contributed by atoms with Crippen molar-refractivity contribution >= 4 is 12.6 Å². The molecule has 0 aromatic carbocycles. The second kappa shape index (κ2) is 2.34. The lowest BCUT2D eigenvalue weighted by Gasteiger charge is -2.06. The van der Waals surface area contributed by atoms with E-state index in [0.29, 0.717) is 5.84 Å². The molecule has 7 heavy (non-hydrogen) atoms. The lowest BCUT2D eigenvalue weighted by atomic mass is 10.7. The zero-order valence-corrected chi connectivity index (χ0v) is 4.60. The Hall–Kier alpha value is -0.860. The van der Waals surface area contributed by atoms with Crippen LogP contribution in [0.15, 0.2) is 5.10 Å². The van der Waals surface area contributed by atoms with E-state index in [-0.39, 0.29) is 0 Å². The maximum absolute atomic E-state index is 6.89. The Bertz CT molecular complexity index is 86.9. The molecule has 3 heteroatoms. The second-order valence-electron chi connectivity index (χ2n) is 1.25. The van der Waals surface area contributed by atoms with Gasteiger partial charge in [0.15, 0.2) is 0 Å². The van der Waals surface area contributed by atoms with Gasteiger partial charge in [-0.25, -0.2) is 0 Å². The fourth-order valence-corrected chi connectivity index (χ4v) is 0.106. The number of hydrazone groups is 1. The largest absolute Gasteiger partial charge is 0.287 e. The predicted octanol–water partition coefficient (Wildman–Crippen LogP) is 0.531. The van der Waals surface area contributed by atoms with Gasteiger partial charge in [0.2, 0.25) is 0 Å². The van der Waals surface area contributed by atoms with E-state index in [1.165, 1.54) is 5.01 Å². The van der Waals surface area contributed by atoms with Gasteiger partial charge in [-0.2, -0.15) is 5.10 Å². The smallest absolute Gasteiger partial charge is 0.113 e. The first-order chi connectivity index (χ1) is 3.18.